The number of nitrogens with one attached hydrogen (secondary N) is 2. The van der Waals surface area contributed by atoms with Crippen LogP contribution < -0.4 is 15.2 Å². The largest absolute Gasteiger partial charge is 0.480 e. The summed E-state index contributed by atoms with van der Waals surface area (Å²) in [5.41, 5.74) is 0.739. The van der Waals surface area contributed by atoms with Crippen LogP contribution in [0.1, 0.15) is 6.92 Å². The number of anilines is 2. The minimum absolute atomic E-state index is 0.259. The van der Waals surface area contributed by atoms with Crippen molar-refractivity contribution in [2.24, 2.45) is 5.14 Å². The predicted octanol–water partition coefficient (Wildman–Crippen LogP) is 0.187. The van der Waals surface area contributed by atoms with Crippen LogP contribution in [0.5, 0.6) is 0 Å². The van der Waals surface area contributed by atoms with E-state index in [1.54, 1.807) is 12.1 Å². The summed E-state index contributed by atoms with van der Waals surface area (Å²) in [6, 6.07) is 5.36. The Kier molecular flexibility index (Phi) is 3.92. The van der Waals surface area contributed by atoms with Gasteiger partial charge in [0.25, 0.3) is 10.2 Å². The molecule has 0 amide bonds. The first-order valence-corrected chi connectivity index (χ1v) is 6.22. The molecular formula is C9H13N3O4S. The maximum Gasteiger partial charge on any atom is 0.325 e. The molecule has 1 aromatic carbocycles. The molecule has 0 aliphatic heterocycles. The Bertz CT molecular complexity index is 515. The molecule has 0 aliphatic rings. The van der Waals surface area contributed by atoms with Gasteiger partial charge in [0.1, 0.15) is 6.04 Å². The smallest absolute Gasteiger partial charge is 0.325 e. The molecule has 7 nitrogen and oxygen atoms in total. The molecule has 0 radical (unpaired) electrons. The van der Waals surface area contributed by atoms with Crippen LogP contribution in [0.2, 0.25) is 0 Å². The zero-order valence-electron chi connectivity index (χ0n) is 9.04. The van der Waals surface area contributed by atoms with Gasteiger partial charge >= 0.3 is 5.97 Å². The number of carboxylic acids is 1. The normalized spacial score (nSPS) is 12.8. The third kappa shape index (κ3) is 4.70. The van der Waals surface area contributed by atoms with Crippen molar-refractivity contribution < 1.29 is 18.3 Å². The summed E-state index contributed by atoms with van der Waals surface area (Å²) in [5, 5.41) is 16.2. The van der Waals surface area contributed by atoms with Gasteiger partial charge in [-0.05, 0) is 25.1 Å². The molecule has 0 aliphatic carbocycles. The van der Waals surface area contributed by atoms with Crippen LogP contribution in [-0.4, -0.2) is 25.5 Å². The molecule has 0 aromatic heterocycles. The van der Waals surface area contributed by atoms with Gasteiger partial charge in [-0.1, -0.05) is 6.07 Å². The number of rotatable bonds is 5. The minimum atomic E-state index is -3.83. The average Bonchev–Trinajstić information content (AvgIpc) is 2.15. The molecule has 0 fully saturated rings. The number of aliphatic carboxylic acids is 1. The summed E-state index contributed by atoms with van der Waals surface area (Å²) in [6.45, 7) is 1.47. The van der Waals surface area contributed by atoms with Crippen LogP contribution in [-0.2, 0) is 15.0 Å². The first-order chi connectivity index (χ1) is 7.78. The Morgan fingerprint density at radius 3 is 2.53 bits per heavy atom. The highest BCUT2D eigenvalue weighted by Gasteiger charge is 2.10. The lowest BCUT2D eigenvalue weighted by atomic mass is 10.2. The first-order valence-electron chi connectivity index (χ1n) is 4.68. The van der Waals surface area contributed by atoms with Gasteiger partial charge in [0, 0.05) is 5.69 Å². The van der Waals surface area contributed by atoms with Crippen LogP contribution in [0.4, 0.5) is 11.4 Å². The van der Waals surface area contributed by atoms with Crippen molar-refractivity contribution in [2.75, 3.05) is 10.0 Å². The number of carboxylic acid groups (broad SMARTS) is 1. The number of benzene rings is 1. The number of hydrogen-bond acceptors (Lipinski definition) is 4. The van der Waals surface area contributed by atoms with Crippen LogP contribution in [0.25, 0.3) is 0 Å². The maximum atomic E-state index is 10.8. The van der Waals surface area contributed by atoms with Crippen molar-refractivity contribution in [3.8, 4) is 0 Å². The Hall–Kier alpha value is -1.80. The van der Waals surface area contributed by atoms with Gasteiger partial charge in [0.2, 0.25) is 0 Å². The molecule has 0 saturated carbocycles. The van der Waals surface area contributed by atoms with Crippen LogP contribution in [0, 0.1) is 0 Å². The van der Waals surface area contributed by atoms with E-state index in [-0.39, 0.29) is 5.69 Å². The predicted molar refractivity (Wildman–Crippen MR) is 63.9 cm³/mol. The van der Waals surface area contributed by atoms with Crippen molar-refractivity contribution in [2.45, 2.75) is 13.0 Å². The molecule has 5 N–H and O–H groups in total. The fraction of sp³-hybridized carbons (Fsp3) is 0.222. The van der Waals surface area contributed by atoms with Gasteiger partial charge < -0.3 is 10.4 Å². The minimum Gasteiger partial charge on any atom is -0.480 e. The average molecular weight is 259 g/mol. The summed E-state index contributed by atoms with van der Waals surface area (Å²) >= 11 is 0. The summed E-state index contributed by atoms with van der Waals surface area (Å²) in [6.07, 6.45) is 0. The van der Waals surface area contributed by atoms with E-state index in [1.807, 2.05) is 0 Å². The van der Waals surface area contributed by atoms with E-state index in [4.69, 9.17) is 10.2 Å². The zero-order chi connectivity index (χ0) is 13.1. The summed E-state index contributed by atoms with van der Waals surface area (Å²) in [4.78, 5) is 10.6. The van der Waals surface area contributed by atoms with E-state index < -0.39 is 22.2 Å². The Morgan fingerprint density at radius 1 is 1.41 bits per heavy atom. The Balaban J connectivity index is 2.83. The molecule has 1 rings (SSSR count). The second-order valence-electron chi connectivity index (χ2n) is 3.43. The molecule has 1 atom stereocenters. The van der Waals surface area contributed by atoms with E-state index in [0.29, 0.717) is 5.69 Å². The van der Waals surface area contributed by atoms with Crippen LogP contribution in [0.3, 0.4) is 0 Å². The maximum absolute atomic E-state index is 10.8. The topological polar surface area (TPSA) is 122 Å². The van der Waals surface area contributed by atoms with Gasteiger partial charge in [-0.25, -0.2) is 5.14 Å². The van der Waals surface area contributed by atoms with E-state index in [9.17, 15) is 13.2 Å². The molecule has 94 valence electrons. The second-order valence-corrected chi connectivity index (χ2v) is 4.73. The Labute approximate surface area is 98.8 Å². The summed E-state index contributed by atoms with van der Waals surface area (Å²) < 4.78 is 23.7. The van der Waals surface area contributed by atoms with Crippen LogP contribution in [0.15, 0.2) is 24.3 Å². The molecular weight excluding hydrogens is 246 g/mol. The fourth-order valence-corrected chi connectivity index (χ4v) is 1.60. The van der Waals surface area contributed by atoms with Gasteiger partial charge in [-0.15, -0.1) is 0 Å². The van der Waals surface area contributed by atoms with Crippen molar-refractivity contribution in [1.29, 1.82) is 0 Å². The zero-order valence-corrected chi connectivity index (χ0v) is 9.86. The fourth-order valence-electron chi connectivity index (χ4n) is 1.15. The van der Waals surface area contributed by atoms with Crippen molar-refractivity contribution in [3.05, 3.63) is 24.3 Å². The van der Waals surface area contributed by atoms with Gasteiger partial charge in [0.15, 0.2) is 0 Å². The second kappa shape index (κ2) is 5.02. The molecule has 17 heavy (non-hydrogen) atoms. The highest BCUT2D eigenvalue weighted by Crippen LogP contribution is 2.16. The lowest BCUT2D eigenvalue weighted by Gasteiger charge is -2.12. The molecule has 8 heteroatoms. The lowest BCUT2D eigenvalue weighted by Crippen LogP contribution is -2.25. The SMILES string of the molecule is CC(Nc1cccc(NS(N)(=O)=O)c1)C(=O)O. The molecule has 0 heterocycles. The van der Waals surface area contributed by atoms with E-state index in [1.165, 1.54) is 19.1 Å². The Morgan fingerprint density at radius 2 is 2.00 bits per heavy atom. The molecule has 0 spiro atoms. The van der Waals surface area contributed by atoms with Crippen molar-refractivity contribution in [3.63, 3.8) is 0 Å². The number of nitrogens with two attached hydrogens (primary N) is 1. The van der Waals surface area contributed by atoms with E-state index in [0.717, 1.165) is 0 Å². The molecule has 0 bridgehead atoms. The van der Waals surface area contributed by atoms with Gasteiger partial charge in [-0.2, -0.15) is 8.42 Å². The molecule has 0 saturated heterocycles. The van der Waals surface area contributed by atoms with Crippen molar-refractivity contribution in [1.82, 2.24) is 0 Å². The van der Waals surface area contributed by atoms with Crippen LogP contribution >= 0.6 is 0 Å². The highest BCUT2D eigenvalue weighted by atomic mass is 32.2. The third-order valence-corrected chi connectivity index (χ3v) is 2.40. The monoisotopic (exact) mass is 259 g/mol. The first kappa shape index (κ1) is 13.3. The van der Waals surface area contributed by atoms with E-state index >= 15 is 0 Å². The number of hydrogen-bond donors (Lipinski definition) is 4. The molecule has 1 unspecified atom stereocenters. The van der Waals surface area contributed by atoms with Gasteiger partial charge in [0.05, 0.1) is 5.69 Å². The van der Waals surface area contributed by atoms with Gasteiger partial charge in [-0.3, -0.25) is 9.52 Å². The van der Waals surface area contributed by atoms with E-state index in [2.05, 4.69) is 10.0 Å². The quantitative estimate of drug-likeness (QED) is 0.601. The standard InChI is InChI=1S/C9H13N3O4S/c1-6(9(13)14)11-7-3-2-4-8(5-7)12-17(10,15)16/h2-6,11-12H,1H3,(H,13,14)(H2,10,15,16). The number of carbonyl (C=O) groups is 1. The third-order valence-electron chi connectivity index (χ3n) is 1.88. The summed E-state index contributed by atoms with van der Waals surface area (Å²) in [7, 11) is -3.83. The highest BCUT2D eigenvalue weighted by molar-refractivity contribution is 7.90. The lowest BCUT2D eigenvalue weighted by molar-refractivity contribution is -0.137. The summed E-state index contributed by atoms with van der Waals surface area (Å²) in [5.74, 6) is -1.00. The molecule has 1 aromatic rings. The van der Waals surface area contributed by atoms with Crippen molar-refractivity contribution >= 4 is 27.6 Å².